The molecule has 0 spiro atoms. The van der Waals surface area contributed by atoms with Crippen molar-refractivity contribution >= 4 is 24.4 Å². The average molecular weight is 512 g/mol. The number of nitrogens with two attached hydrogens (primary N) is 1. The normalized spacial score (nSPS) is 12.1. The SMILES string of the molecule is CNCCCCC(NC(=O)CCOCCOCCOCCOCCOCCOCCS)C(N)=O. The molecule has 0 rings (SSSR count). The number of primary amides is 1. The number of thiol groups is 1. The Morgan fingerprint density at radius 2 is 1.18 bits per heavy atom. The van der Waals surface area contributed by atoms with E-state index in [0.29, 0.717) is 84.8 Å². The summed E-state index contributed by atoms with van der Waals surface area (Å²) in [5.41, 5.74) is 5.36. The van der Waals surface area contributed by atoms with E-state index in [2.05, 4.69) is 23.3 Å². The van der Waals surface area contributed by atoms with E-state index in [1.807, 2.05) is 7.05 Å². The summed E-state index contributed by atoms with van der Waals surface area (Å²) in [6.45, 7) is 6.59. The second kappa shape index (κ2) is 26.6. The Kier molecular flexibility index (Phi) is 25.8. The van der Waals surface area contributed by atoms with Crippen molar-refractivity contribution in [1.82, 2.24) is 10.6 Å². The standard InChI is InChI=1S/C22H45N3O8S/c1-24-6-3-2-4-20(22(23)27)25-21(26)5-7-28-8-9-29-10-11-30-12-13-31-14-15-32-16-17-33-18-19-34/h20,24,34H,2-19H2,1H3,(H2,23,27)(H,25,26). The first-order chi connectivity index (χ1) is 16.6. The van der Waals surface area contributed by atoms with E-state index < -0.39 is 11.9 Å². The van der Waals surface area contributed by atoms with Crippen molar-refractivity contribution in [3.63, 3.8) is 0 Å². The first-order valence-corrected chi connectivity index (χ1v) is 12.6. The fourth-order valence-corrected chi connectivity index (χ4v) is 2.76. The summed E-state index contributed by atoms with van der Waals surface area (Å²) >= 11 is 4.05. The maximum atomic E-state index is 11.9. The van der Waals surface area contributed by atoms with Crippen molar-refractivity contribution < 1.29 is 38.0 Å². The number of rotatable bonds is 27. The van der Waals surface area contributed by atoms with Crippen LogP contribution >= 0.6 is 12.6 Å². The second-order valence-corrected chi connectivity index (χ2v) is 7.72. The van der Waals surface area contributed by atoms with E-state index in [1.165, 1.54) is 0 Å². The smallest absolute Gasteiger partial charge is 0.239 e. The maximum Gasteiger partial charge on any atom is 0.239 e. The molecule has 0 aliphatic heterocycles. The van der Waals surface area contributed by atoms with Crippen molar-refractivity contribution in [2.24, 2.45) is 5.73 Å². The minimum absolute atomic E-state index is 0.165. The van der Waals surface area contributed by atoms with Crippen molar-refractivity contribution in [3.05, 3.63) is 0 Å². The zero-order chi connectivity index (χ0) is 25.1. The van der Waals surface area contributed by atoms with E-state index in [-0.39, 0.29) is 18.9 Å². The zero-order valence-electron chi connectivity index (χ0n) is 20.6. The fraction of sp³-hybridized carbons (Fsp3) is 0.909. The predicted octanol–water partition coefficient (Wildman–Crippen LogP) is -0.234. The van der Waals surface area contributed by atoms with Gasteiger partial charge in [-0.25, -0.2) is 0 Å². The van der Waals surface area contributed by atoms with Crippen LogP contribution in [0.2, 0.25) is 0 Å². The summed E-state index contributed by atoms with van der Waals surface area (Å²) in [7, 11) is 1.87. The molecule has 0 saturated carbocycles. The number of nitrogens with one attached hydrogen (secondary N) is 2. The van der Waals surface area contributed by atoms with Gasteiger partial charge in [-0.05, 0) is 32.9 Å². The highest BCUT2D eigenvalue weighted by Crippen LogP contribution is 2.01. The van der Waals surface area contributed by atoms with Crippen molar-refractivity contribution in [2.75, 3.05) is 98.6 Å². The molecule has 0 bridgehead atoms. The number of hydrogen-bond donors (Lipinski definition) is 4. The van der Waals surface area contributed by atoms with Gasteiger partial charge in [-0.2, -0.15) is 12.6 Å². The molecule has 0 aromatic rings. The van der Waals surface area contributed by atoms with Crippen molar-refractivity contribution in [2.45, 2.75) is 31.7 Å². The quantitative estimate of drug-likeness (QED) is 0.0869. The van der Waals surface area contributed by atoms with Gasteiger partial charge in [-0.1, -0.05) is 0 Å². The highest BCUT2D eigenvalue weighted by molar-refractivity contribution is 7.80. The van der Waals surface area contributed by atoms with Crippen LogP contribution in [-0.4, -0.2) is 116 Å². The van der Waals surface area contributed by atoms with Gasteiger partial charge in [0.05, 0.1) is 79.3 Å². The van der Waals surface area contributed by atoms with Crippen LogP contribution in [0.4, 0.5) is 0 Å². The lowest BCUT2D eigenvalue weighted by Crippen LogP contribution is -2.44. The number of carbonyl (C=O) groups is 2. The molecular weight excluding hydrogens is 466 g/mol. The summed E-state index contributed by atoms with van der Waals surface area (Å²) < 4.78 is 32.2. The number of ether oxygens (including phenoxy) is 6. The third kappa shape index (κ3) is 24.1. The van der Waals surface area contributed by atoms with Crippen LogP contribution < -0.4 is 16.4 Å². The largest absolute Gasteiger partial charge is 0.379 e. The lowest BCUT2D eigenvalue weighted by Gasteiger charge is -2.15. The molecule has 34 heavy (non-hydrogen) atoms. The molecule has 11 nitrogen and oxygen atoms in total. The van der Waals surface area contributed by atoms with Gasteiger partial charge >= 0.3 is 0 Å². The summed E-state index contributed by atoms with van der Waals surface area (Å²) in [5, 5.41) is 5.70. The summed E-state index contributed by atoms with van der Waals surface area (Å²) in [6, 6.07) is -0.639. The summed E-state index contributed by atoms with van der Waals surface area (Å²) in [4.78, 5) is 23.4. The van der Waals surface area contributed by atoms with Crippen LogP contribution in [0, 0.1) is 0 Å². The Bertz CT molecular complexity index is 477. The van der Waals surface area contributed by atoms with Gasteiger partial charge in [0.2, 0.25) is 11.8 Å². The molecule has 0 aliphatic rings. The van der Waals surface area contributed by atoms with Gasteiger partial charge in [0, 0.05) is 12.2 Å². The molecule has 4 N–H and O–H groups in total. The lowest BCUT2D eigenvalue weighted by atomic mass is 10.1. The Labute approximate surface area is 209 Å². The summed E-state index contributed by atoms with van der Waals surface area (Å²) in [5.74, 6) is -0.0587. The molecule has 12 heteroatoms. The molecule has 0 saturated heterocycles. The second-order valence-electron chi connectivity index (χ2n) is 7.27. The van der Waals surface area contributed by atoms with Crippen LogP contribution in [0.15, 0.2) is 0 Å². The van der Waals surface area contributed by atoms with Gasteiger partial charge < -0.3 is 44.8 Å². The molecule has 202 valence electrons. The van der Waals surface area contributed by atoms with Gasteiger partial charge in [-0.15, -0.1) is 0 Å². The molecule has 0 radical (unpaired) electrons. The van der Waals surface area contributed by atoms with E-state index >= 15 is 0 Å². The van der Waals surface area contributed by atoms with Gasteiger partial charge in [0.15, 0.2) is 0 Å². The molecule has 0 aliphatic carbocycles. The number of hydrogen-bond acceptors (Lipinski definition) is 10. The maximum absolute atomic E-state index is 11.9. The van der Waals surface area contributed by atoms with Gasteiger partial charge in [0.1, 0.15) is 6.04 Å². The highest BCUT2D eigenvalue weighted by Gasteiger charge is 2.17. The Morgan fingerprint density at radius 1 is 0.735 bits per heavy atom. The van der Waals surface area contributed by atoms with E-state index in [4.69, 9.17) is 34.2 Å². The lowest BCUT2D eigenvalue weighted by molar-refractivity contribution is -0.128. The topological polar surface area (TPSA) is 140 Å². The molecular formula is C22H45N3O8S. The molecule has 2 amide bonds. The fourth-order valence-electron chi connectivity index (χ4n) is 2.63. The summed E-state index contributed by atoms with van der Waals surface area (Å²) in [6.07, 6.45) is 2.43. The van der Waals surface area contributed by atoms with Gasteiger partial charge in [-0.3, -0.25) is 9.59 Å². The van der Waals surface area contributed by atoms with Crippen LogP contribution in [0.1, 0.15) is 25.7 Å². The van der Waals surface area contributed by atoms with Crippen LogP contribution in [0.5, 0.6) is 0 Å². The van der Waals surface area contributed by atoms with E-state index in [9.17, 15) is 9.59 Å². The first kappa shape index (κ1) is 33.0. The number of amides is 2. The molecule has 1 atom stereocenters. The van der Waals surface area contributed by atoms with Crippen molar-refractivity contribution in [3.8, 4) is 0 Å². The Balaban J connectivity index is 3.37. The van der Waals surface area contributed by atoms with Crippen LogP contribution in [-0.2, 0) is 38.0 Å². The Morgan fingerprint density at radius 3 is 1.59 bits per heavy atom. The predicted molar refractivity (Wildman–Crippen MR) is 132 cm³/mol. The number of unbranched alkanes of at least 4 members (excludes halogenated alkanes) is 1. The highest BCUT2D eigenvalue weighted by atomic mass is 32.1. The van der Waals surface area contributed by atoms with Crippen molar-refractivity contribution in [1.29, 1.82) is 0 Å². The minimum Gasteiger partial charge on any atom is -0.379 e. The minimum atomic E-state index is -0.639. The van der Waals surface area contributed by atoms with Gasteiger partial charge in [0.25, 0.3) is 0 Å². The number of carbonyl (C=O) groups excluding carboxylic acids is 2. The Hall–Kier alpha value is -0.990. The first-order valence-electron chi connectivity index (χ1n) is 11.9. The third-order valence-electron chi connectivity index (χ3n) is 4.42. The third-order valence-corrected chi connectivity index (χ3v) is 4.60. The molecule has 0 aromatic carbocycles. The monoisotopic (exact) mass is 511 g/mol. The van der Waals surface area contributed by atoms with E-state index in [1.54, 1.807) is 0 Å². The molecule has 1 unspecified atom stereocenters. The molecule has 0 heterocycles. The zero-order valence-corrected chi connectivity index (χ0v) is 21.5. The molecule has 0 fully saturated rings. The van der Waals surface area contributed by atoms with E-state index in [0.717, 1.165) is 19.4 Å². The van der Waals surface area contributed by atoms with Crippen LogP contribution in [0.25, 0.3) is 0 Å². The van der Waals surface area contributed by atoms with Crippen LogP contribution in [0.3, 0.4) is 0 Å². The molecule has 0 aromatic heterocycles. The average Bonchev–Trinajstić information content (AvgIpc) is 2.82.